The van der Waals surface area contributed by atoms with E-state index in [0.717, 1.165) is 57.1 Å². The first kappa shape index (κ1) is 32.2. The van der Waals surface area contributed by atoms with Crippen molar-refractivity contribution in [2.75, 3.05) is 50.7 Å². The van der Waals surface area contributed by atoms with Crippen LogP contribution in [0.15, 0.2) is 67.1 Å². The summed E-state index contributed by atoms with van der Waals surface area (Å²) in [5, 5.41) is 0. The van der Waals surface area contributed by atoms with E-state index in [4.69, 9.17) is 0 Å². The van der Waals surface area contributed by atoms with Crippen LogP contribution in [-0.4, -0.2) is 94.5 Å². The van der Waals surface area contributed by atoms with Gasteiger partial charge in [-0.25, -0.2) is 4.98 Å². The summed E-state index contributed by atoms with van der Waals surface area (Å²) in [6.45, 7) is 5.55. The fourth-order valence-corrected chi connectivity index (χ4v) is 7.12. The summed E-state index contributed by atoms with van der Waals surface area (Å²) in [6.07, 6.45) is -2.24. The van der Waals surface area contributed by atoms with Crippen molar-refractivity contribution in [2.24, 2.45) is 0 Å². The number of rotatable bonds is 6. The predicted octanol–water partition coefficient (Wildman–Crippen LogP) is 5.63. The lowest BCUT2D eigenvalue weighted by Crippen LogP contribution is -2.58. The maximum Gasteiger partial charge on any atom is 0.416 e. The lowest BCUT2D eigenvalue weighted by Gasteiger charge is -2.47. The van der Waals surface area contributed by atoms with E-state index in [2.05, 4.69) is 24.7 Å². The number of carbonyl (C=O) groups is 1. The largest absolute Gasteiger partial charge is 0.416 e. The van der Waals surface area contributed by atoms with Gasteiger partial charge in [0, 0.05) is 81.9 Å². The van der Waals surface area contributed by atoms with Crippen molar-refractivity contribution < 1.29 is 31.1 Å². The number of nitrogens with zero attached hydrogens (tertiary/aromatic N) is 6. The van der Waals surface area contributed by atoms with E-state index in [1.54, 1.807) is 18.6 Å². The molecule has 46 heavy (non-hydrogen) atoms. The number of anilines is 1. The van der Waals surface area contributed by atoms with E-state index in [-0.39, 0.29) is 24.7 Å². The molecule has 3 fully saturated rings. The van der Waals surface area contributed by atoms with Gasteiger partial charge in [-0.3, -0.25) is 19.6 Å². The zero-order chi connectivity index (χ0) is 32.5. The maximum atomic E-state index is 13.7. The van der Waals surface area contributed by atoms with Gasteiger partial charge < -0.3 is 9.80 Å². The minimum atomic E-state index is -5.03. The first-order valence-corrected chi connectivity index (χ1v) is 15.6. The number of amides is 1. The van der Waals surface area contributed by atoms with Crippen LogP contribution in [0.5, 0.6) is 0 Å². The summed E-state index contributed by atoms with van der Waals surface area (Å²) < 4.78 is 81.5. The number of hydrogen-bond donors (Lipinski definition) is 0. The number of carbonyl (C=O) groups excluding carboxylic acids is 1. The third kappa shape index (κ3) is 7.30. The Morgan fingerprint density at radius 1 is 0.783 bits per heavy atom. The Labute approximate surface area is 263 Å². The van der Waals surface area contributed by atoms with Gasteiger partial charge in [-0.15, -0.1) is 0 Å². The van der Waals surface area contributed by atoms with Crippen LogP contribution >= 0.6 is 0 Å². The van der Waals surface area contributed by atoms with Crippen molar-refractivity contribution in [3.63, 3.8) is 0 Å². The zero-order valence-electron chi connectivity index (χ0n) is 25.2. The van der Waals surface area contributed by atoms with Gasteiger partial charge in [-0.05, 0) is 49.4 Å². The van der Waals surface area contributed by atoms with Gasteiger partial charge in [0.2, 0.25) is 0 Å². The third-order valence-corrected chi connectivity index (χ3v) is 9.52. The molecule has 3 aliphatic heterocycles. The quantitative estimate of drug-likeness (QED) is 0.324. The lowest BCUT2D eigenvalue weighted by atomic mass is 9.90. The Morgan fingerprint density at radius 3 is 2.02 bits per heavy atom. The monoisotopic (exact) mass is 646 g/mol. The third-order valence-electron chi connectivity index (χ3n) is 9.52. The Hall–Kier alpha value is -3.71. The normalized spacial score (nSPS) is 23.6. The standard InChI is InChI=1S/C33H36F6N6O/c34-32(35,36)25-17-24(18-26(19-25)33(37,38)39)31(46)45-11-7-27(20-29(45)16-23-4-2-1-3-5-23)42-12-14-43(15-13-42)28-6-10-44(22-28)30-21-40-8-9-41-30/h1-5,8-9,17-19,21,27-29H,6-7,10-16,20,22H2/t27-,28?,29+/m0/s1. The molecule has 7 nitrogen and oxygen atoms in total. The highest BCUT2D eigenvalue weighted by atomic mass is 19.4. The molecule has 4 heterocycles. The van der Waals surface area contributed by atoms with Gasteiger partial charge in [0.05, 0.1) is 17.3 Å². The molecule has 0 radical (unpaired) electrons. The van der Waals surface area contributed by atoms with E-state index in [0.29, 0.717) is 37.4 Å². The van der Waals surface area contributed by atoms with Crippen molar-refractivity contribution in [3.05, 3.63) is 89.4 Å². The molecule has 0 N–H and O–H groups in total. The number of hydrogen-bond acceptors (Lipinski definition) is 6. The molecule has 3 aliphatic rings. The molecule has 1 unspecified atom stereocenters. The van der Waals surface area contributed by atoms with E-state index in [1.807, 2.05) is 30.3 Å². The number of benzene rings is 2. The Kier molecular flexibility index (Phi) is 9.24. The van der Waals surface area contributed by atoms with Crippen LogP contribution in [-0.2, 0) is 18.8 Å². The molecule has 6 rings (SSSR count). The van der Waals surface area contributed by atoms with Crippen LogP contribution in [0.1, 0.15) is 46.3 Å². The SMILES string of the molecule is O=C(c1cc(C(F)(F)F)cc(C(F)(F)F)c1)N1CC[C@H](N2CCN(C3CCN(c4cnccn4)C3)CC2)C[C@H]1Cc1ccccc1. The molecule has 0 aliphatic carbocycles. The van der Waals surface area contributed by atoms with Crippen molar-refractivity contribution in [2.45, 2.75) is 56.2 Å². The molecule has 0 saturated carbocycles. The number of piperidine rings is 1. The van der Waals surface area contributed by atoms with Crippen molar-refractivity contribution in [1.29, 1.82) is 0 Å². The first-order valence-electron chi connectivity index (χ1n) is 15.6. The number of halogens is 6. The van der Waals surface area contributed by atoms with Crippen molar-refractivity contribution >= 4 is 11.7 Å². The summed E-state index contributed by atoms with van der Waals surface area (Å²) in [6, 6.07) is 10.8. The average Bonchev–Trinajstić information content (AvgIpc) is 3.55. The predicted molar refractivity (Wildman–Crippen MR) is 160 cm³/mol. The van der Waals surface area contributed by atoms with Crippen LogP contribution in [0.25, 0.3) is 0 Å². The van der Waals surface area contributed by atoms with Gasteiger partial charge in [0.25, 0.3) is 5.91 Å². The molecule has 3 saturated heterocycles. The number of piperazine rings is 1. The van der Waals surface area contributed by atoms with Crippen LogP contribution in [0.4, 0.5) is 32.2 Å². The van der Waals surface area contributed by atoms with Gasteiger partial charge >= 0.3 is 12.4 Å². The molecule has 0 spiro atoms. The molecule has 246 valence electrons. The second-order valence-electron chi connectivity index (χ2n) is 12.3. The highest BCUT2D eigenvalue weighted by molar-refractivity contribution is 5.95. The molecule has 0 bridgehead atoms. The Morgan fingerprint density at radius 2 is 1.41 bits per heavy atom. The molecule has 2 aromatic carbocycles. The second-order valence-corrected chi connectivity index (χ2v) is 12.3. The molecule has 3 atom stereocenters. The smallest absolute Gasteiger partial charge is 0.354 e. The van der Waals surface area contributed by atoms with Gasteiger partial charge in [0.15, 0.2) is 0 Å². The summed E-state index contributed by atoms with van der Waals surface area (Å²) in [5.41, 5.74) is -2.62. The fraction of sp³-hybridized carbons (Fsp3) is 0.485. The molecular weight excluding hydrogens is 610 g/mol. The first-order chi connectivity index (χ1) is 22.0. The van der Waals surface area contributed by atoms with E-state index >= 15 is 0 Å². The Bertz CT molecular complexity index is 1450. The summed E-state index contributed by atoms with van der Waals surface area (Å²) in [5.74, 6) is 0.0730. The van der Waals surface area contributed by atoms with Crippen molar-refractivity contribution in [1.82, 2.24) is 24.7 Å². The lowest BCUT2D eigenvalue weighted by molar-refractivity contribution is -0.143. The van der Waals surface area contributed by atoms with E-state index in [9.17, 15) is 31.1 Å². The minimum absolute atomic E-state index is 0.0585. The van der Waals surface area contributed by atoms with Crippen LogP contribution < -0.4 is 4.90 Å². The number of alkyl halides is 6. The molecule has 3 aromatic rings. The molecular formula is C33H36F6N6O. The molecule has 1 amide bonds. The Balaban J connectivity index is 1.15. The highest BCUT2D eigenvalue weighted by Gasteiger charge is 2.40. The minimum Gasteiger partial charge on any atom is -0.354 e. The fourth-order valence-electron chi connectivity index (χ4n) is 7.12. The summed E-state index contributed by atoms with van der Waals surface area (Å²) in [4.78, 5) is 31.0. The summed E-state index contributed by atoms with van der Waals surface area (Å²) in [7, 11) is 0. The van der Waals surface area contributed by atoms with Gasteiger partial charge in [-0.2, -0.15) is 26.3 Å². The topological polar surface area (TPSA) is 55.8 Å². The maximum absolute atomic E-state index is 13.7. The average molecular weight is 647 g/mol. The van der Waals surface area contributed by atoms with Crippen LogP contribution in [0.2, 0.25) is 0 Å². The van der Waals surface area contributed by atoms with E-state index in [1.165, 1.54) is 4.90 Å². The number of likely N-dealkylation sites (tertiary alicyclic amines) is 1. The van der Waals surface area contributed by atoms with Gasteiger partial charge in [0.1, 0.15) is 5.82 Å². The zero-order valence-corrected chi connectivity index (χ0v) is 25.2. The second kappa shape index (κ2) is 13.2. The molecule has 1 aromatic heterocycles. The van der Waals surface area contributed by atoms with Gasteiger partial charge in [-0.1, -0.05) is 30.3 Å². The number of aromatic nitrogens is 2. The summed E-state index contributed by atoms with van der Waals surface area (Å²) >= 11 is 0. The van der Waals surface area contributed by atoms with Crippen molar-refractivity contribution in [3.8, 4) is 0 Å². The van der Waals surface area contributed by atoms with Crippen LogP contribution in [0.3, 0.4) is 0 Å². The molecule has 13 heteroatoms. The van der Waals surface area contributed by atoms with E-state index < -0.39 is 35.0 Å². The van der Waals surface area contributed by atoms with Crippen LogP contribution in [0, 0.1) is 0 Å². The highest BCUT2D eigenvalue weighted by Crippen LogP contribution is 2.37.